The Morgan fingerprint density at radius 1 is 1.07 bits per heavy atom. The van der Waals surface area contributed by atoms with Gasteiger partial charge in [0.1, 0.15) is 24.7 Å². The van der Waals surface area contributed by atoms with Crippen molar-refractivity contribution >= 4 is 38.8 Å². The van der Waals surface area contributed by atoms with Crippen molar-refractivity contribution in [2.75, 3.05) is 32.7 Å². The molecule has 2 heterocycles. The number of hydrogen-bond acceptors (Lipinski definition) is 7. The first-order chi connectivity index (χ1) is 19.7. The fraction of sp³-hybridized carbons (Fsp3) is 0.645. The molecule has 0 saturated heterocycles. The fourth-order valence-corrected chi connectivity index (χ4v) is 7.42. The molecule has 0 aliphatic heterocycles. The Hall–Kier alpha value is -2.48. The zero-order valence-electron chi connectivity index (χ0n) is 27.0. The molecule has 0 radical (unpaired) electrons. The van der Waals surface area contributed by atoms with E-state index >= 15 is 0 Å². The summed E-state index contributed by atoms with van der Waals surface area (Å²) in [6.45, 7) is 18.8. The number of fused-ring (bicyclic) bond motifs is 3. The molecule has 1 aromatic carbocycles. The van der Waals surface area contributed by atoms with Gasteiger partial charge < -0.3 is 19.5 Å². The fourth-order valence-electron chi connectivity index (χ4n) is 5.91. The highest BCUT2D eigenvalue weighted by atomic mass is 28.3. The van der Waals surface area contributed by atoms with E-state index < -0.39 is 22.1 Å². The second-order valence-corrected chi connectivity index (χ2v) is 26.1. The average molecular weight is 612 g/mol. The number of hydrogen-bond donors (Lipinski definition) is 1. The molecule has 1 N–H and O–H groups in total. The number of nitrogens with zero attached hydrogens (tertiary/aromatic N) is 4. The van der Waals surface area contributed by atoms with Crippen LogP contribution in [-0.4, -0.2) is 68.8 Å². The number of ether oxygens (including phenoxy) is 3. The summed E-state index contributed by atoms with van der Waals surface area (Å²) in [5.41, 5.74) is 6.42. The first kappa shape index (κ1) is 31.0. The highest BCUT2D eigenvalue weighted by Crippen LogP contribution is 2.60. The summed E-state index contributed by atoms with van der Waals surface area (Å²) in [7, 11) is 0.808. The van der Waals surface area contributed by atoms with Crippen LogP contribution in [0.1, 0.15) is 35.0 Å². The Morgan fingerprint density at radius 3 is 2.36 bits per heavy atom. The zero-order chi connectivity index (χ0) is 30.4. The molecule has 2 aromatic heterocycles. The van der Waals surface area contributed by atoms with Crippen molar-refractivity contribution in [2.45, 2.75) is 91.0 Å². The van der Waals surface area contributed by atoms with Gasteiger partial charge in [-0.25, -0.2) is 14.5 Å². The first-order valence-corrected chi connectivity index (χ1v) is 22.7. The van der Waals surface area contributed by atoms with Gasteiger partial charge in [0.15, 0.2) is 5.82 Å². The van der Waals surface area contributed by atoms with E-state index in [0.717, 1.165) is 54.3 Å². The van der Waals surface area contributed by atoms with Crippen LogP contribution in [0.5, 0.6) is 0 Å². The number of anilines is 1. The van der Waals surface area contributed by atoms with Crippen LogP contribution in [0.2, 0.25) is 51.4 Å². The molecule has 1 fully saturated rings. The van der Waals surface area contributed by atoms with Crippen LogP contribution >= 0.6 is 0 Å². The molecule has 1 saturated carbocycles. The van der Waals surface area contributed by atoms with Crippen LogP contribution in [0.4, 0.5) is 5.69 Å². The summed E-state index contributed by atoms with van der Waals surface area (Å²) < 4.78 is 21.8. The van der Waals surface area contributed by atoms with E-state index in [4.69, 9.17) is 24.3 Å². The van der Waals surface area contributed by atoms with Crippen LogP contribution in [0.25, 0.3) is 22.6 Å². The Bertz CT molecular complexity index is 1470. The number of aromatic nitrogens is 4. The molecule has 42 heavy (non-hydrogen) atoms. The molecular formula is C31H49N5O4Si2. The minimum atomic E-state index is -1.26. The second kappa shape index (κ2) is 11.6. The minimum absolute atomic E-state index is 0.333. The number of benzene rings is 1. The largest absolute Gasteiger partial charge is 0.465 e. The highest BCUT2D eigenvalue weighted by molar-refractivity contribution is 6.76. The molecule has 11 heteroatoms. The summed E-state index contributed by atoms with van der Waals surface area (Å²) >= 11 is 0. The molecule has 230 valence electrons. The normalized spacial score (nSPS) is 20.0. The van der Waals surface area contributed by atoms with Gasteiger partial charge in [-0.3, -0.25) is 4.57 Å². The zero-order valence-corrected chi connectivity index (χ0v) is 29.0. The van der Waals surface area contributed by atoms with Gasteiger partial charge in [0, 0.05) is 53.4 Å². The third kappa shape index (κ3) is 6.53. The molecule has 0 bridgehead atoms. The average Bonchev–Trinajstić information content (AvgIpc) is 3.27. The van der Waals surface area contributed by atoms with Gasteiger partial charge in [-0.1, -0.05) is 46.2 Å². The van der Waals surface area contributed by atoms with Crippen LogP contribution in [0.3, 0.4) is 0 Å². The summed E-state index contributed by atoms with van der Waals surface area (Å²) in [6.07, 6.45) is 3.23. The Morgan fingerprint density at radius 2 is 1.74 bits per heavy atom. The Labute approximate surface area is 252 Å². The van der Waals surface area contributed by atoms with E-state index in [2.05, 4.69) is 60.8 Å². The summed E-state index contributed by atoms with van der Waals surface area (Å²) in [6, 6.07) is 6.03. The maximum absolute atomic E-state index is 12.9. The lowest BCUT2D eigenvalue weighted by Gasteiger charge is -2.20. The minimum Gasteiger partial charge on any atom is -0.465 e. The molecular weight excluding hydrogens is 563 g/mol. The molecule has 3 aromatic rings. The van der Waals surface area contributed by atoms with Crippen molar-refractivity contribution in [3.05, 3.63) is 29.0 Å². The number of imidazole rings is 1. The molecule has 2 atom stereocenters. The number of rotatable bonds is 13. The molecule has 2 aliphatic rings. The molecule has 0 unspecified atom stereocenters. The summed E-state index contributed by atoms with van der Waals surface area (Å²) in [5.74, 6) is 0.990. The molecule has 0 spiro atoms. The van der Waals surface area contributed by atoms with Crippen molar-refractivity contribution in [2.24, 2.45) is 11.3 Å². The lowest BCUT2D eigenvalue weighted by molar-refractivity contribution is 0.0602. The molecule has 0 amide bonds. The Balaban J connectivity index is 1.59. The standard InChI is InChI=1S/C31H49N5O4Si2/c1-31-17-21(31)14-23-26(18-31)36(20-40-11-13-42(7,8)9)34-28(23)29-33-27-24(30(37)38-3)15-22(32-2)16-25(27)35(29)19-39-10-12-41(4,5)6/h15-16,21,32H,10-14,17-20H2,1-9H3/t21-,31-/m1/s1. The van der Waals surface area contributed by atoms with E-state index in [1.165, 1.54) is 24.8 Å². The SMILES string of the molecule is CNc1cc(C(=O)OC)c2nc(-c3nn(COCC[Si](C)(C)C)c4c3C[C@@H]3C[C@]3(C)C4)n(COCC[Si](C)(C)C)c2c1. The van der Waals surface area contributed by atoms with Crippen LogP contribution < -0.4 is 5.32 Å². The summed E-state index contributed by atoms with van der Waals surface area (Å²) in [4.78, 5) is 18.0. The number of esters is 1. The predicted octanol–water partition coefficient (Wildman–Crippen LogP) is 6.48. The number of carbonyl (C=O) groups is 1. The molecule has 5 rings (SSSR count). The third-order valence-corrected chi connectivity index (χ3v) is 12.3. The van der Waals surface area contributed by atoms with Gasteiger partial charge >= 0.3 is 5.97 Å². The maximum atomic E-state index is 12.9. The second-order valence-electron chi connectivity index (χ2n) is 14.9. The number of nitrogens with one attached hydrogen (secondary N) is 1. The Kier molecular flexibility index (Phi) is 8.52. The van der Waals surface area contributed by atoms with Gasteiger partial charge in [-0.15, -0.1) is 0 Å². The lowest BCUT2D eigenvalue weighted by atomic mass is 9.87. The summed E-state index contributed by atoms with van der Waals surface area (Å²) in [5, 5.41) is 8.38. The van der Waals surface area contributed by atoms with Gasteiger partial charge in [0.2, 0.25) is 0 Å². The van der Waals surface area contributed by atoms with Gasteiger partial charge in [0.25, 0.3) is 0 Å². The van der Waals surface area contributed by atoms with Gasteiger partial charge in [0.05, 0.1) is 18.2 Å². The highest BCUT2D eigenvalue weighted by Gasteiger charge is 2.54. The van der Waals surface area contributed by atoms with Crippen LogP contribution in [-0.2, 0) is 40.5 Å². The van der Waals surface area contributed by atoms with Gasteiger partial charge in [-0.05, 0) is 54.8 Å². The number of methoxy groups -OCH3 is 1. The third-order valence-electron chi connectivity index (χ3n) is 8.91. The van der Waals surface area contributed by atoms with Crippen LogP contribution in [0, 0.1) is 11.3 Å². The monoisotopic (exact) mass is 611 g/mol. The van der Waals surface area contributed by atoms with E-state index in [0.29, 0.717) is 42.5 Å². The number of carbonyl (C=O) groups excluding carboxylic acids is 1. The topological polar surface area (TPSA) is 92.4 Å². The van der Waals surface area contributed by atoms with E-state index in [1.807, 2.05) is 13.1 Å². The quantitative estimate of drug-likeness (QED) is 0.134. The van der Waals surface area contributed by atoms with E-state index in [1.54, 1.807) is 6.07 Å². The van der Waals surface area contributed by atoms with Crippen molar-refractivity contribution in [1.82, 2.24) is 19.3 Å². The van der Waals surface area contributed by atoms with Crippen molar-refractivity contribution in [3.8, 4) is 11.5 Å². The first-order valence-electron chi connectivity index (χ1n) is 15.3. The molecule has 9 nitrogen and oxygen atoms in total. The van der Waals surface area contributed by atoms with E-state index in [-0.39, 0.29) is 0 Å². The smallest absolute Gasteiger partial charge is 0.340 e. The maximum Gasteiger partial charge on any atom is 0.340 e. The van der Waals surface area contributed by atoms with Crippen molar-refractivity contribution < 1.29 is 19.0 Å². The molecule has 2 aliphatic carbocycles. The predicted molar refractivity (Wildman–Crippen MR) is 174 cm³/mol. The van der Waals surface area contributed by atoms with Crippen molar-refractivity contribution in [1.29, 1.82) is 0 Å². The van der Waals surface area contributed by atoms with Crippen LogP contribution in [0.15, 0.2) is 12.1 Å². The lowest BCUT2D eigenvalue weighted by Crippen LogP contribution is -2.23. The van der Waals surface area contributed by atoms with Gasteiger partial charge in [-0.2, -0.15) is 5.10 Å². The van der Waals surface area contributed by atoms with Crippen molar-refractivity contribution in [3.63, 3.8) is 0 Å². The van der Waals surface area contributed by atoms with E-state index in [9.17, 15) is 4.79 Å².